The van der Waals surface area contributed by atoms with E-state index < -0.39 is 30.2 Å². The fourth-order valence-electron chi connectivity index (χ4n) is 2.15. The second-order valence-corrected chi connectivity index (χ2v) is 6.01. The number of nitrogens with one attached hydrogen (secondary N) is 2. The molecular weight excluding hydrogens is 391 g/mol. The summed E-state index contributed by atoms with van der Waals surface area (Å²) in [7, 11) is 1.49. The van der Waals surface area contributed by atoms with Crippen molar-refractivity contribution in [1.29, 1.82) is 0 Å². The lowest BCUT2D eigenvalue weighted by molar-refractivity contribution is -0.124. The number of hydrogen-bond acceptors (Lipinski definition) is 5. The molecule has 9 heteroatoms. The van der Waals surface area contributed by atoms with E-state index in [1.54, 1.807) is 0 Å². The van der Waals surface area contributed by atoms with Crippen molar-refractivity contribution in [3.05, 3.63) is 64.4 Å². The molecule has 0 radical (unpaired) electrons. The molecule has 0 spiro atoms. The highest BCUT2D eigenvalue weighted by Crippen LogP contribution is 2.23. The Balaban J connectivity index is 2.06. The average molecular weight is 409 g/mol. The molecule has 0 aromatic heterocycles. The van der Waals surface area contributed by atoms with E-state index in [1.165, 1.54) is 37.4 Å². The Labute approximate surface area is 165 Å². The topological polar surface area (TPSA) is 93.7 Å². The Hall–Kier alpha value is -2.97. The van der Waals surface area contributed by atoms with Gasteiger partial charge >= 0.3 is 5.97 Å². The Morgan fingerprint density at radius 1 is 1.11 bits per heavy atom. The number of rotatable bonds is 8. The molecule has 0 aliphatic rings. The van der Waals surface area contributed by atoms with Crippen LogP contribution in [0.1, 0.15) is 20.7 Å². The van der Waals surface area contributed by atoms with Gasteiger partial charge in [0.2, 0.25) is 0 Å². The van der Waals surface area contributed by atoms with Crippen molar-refractivity contribution in [3.63, 3.8) is 0 Å². The van der Waals surface area contributed by atoms with Crippen molar-refractivity contribution >= 4 is 35.1 Å². The third kappa shape index (κ3) is 6.33. The van der Waals surface area contributed by atoms with Crippen molar-refractivity contribution in [3.8, 4) is 0 Å². The van der Waals surface area contributed by atoms with E-state index in [0.717, 1.165) is 12.1 Å². The molecule has 0 aliphatic carbocycles. The van der Waals surface area contributed by atoms with Gasteiger partial charge in [-0.3, -0.25) is 9.59 Å². The molecule has 7 nitrogen and oxygen atoms in total. The van der Waals surface area contributed by atoms with Crippen molar-refractivity contribution < 1.29 is 28.2 Å². The van der Waals surface area contributed by atoms with Crippen LogP contribution in [0.3, 0.4) is 0 Å². The van der Waals surface area contributed by atoms with Crippen LogP contribution in [0.2, 0.25) is 5.02 Å². The zero-order valence-corrected chi connectivity index (χ0v) is 15.7. The SMILES string of the molecule is COCCNC(=O)COC(=O)c1ccc(Cl)cc1NC(=O)c1ccc(F)cc1. The molecule has 0 atom stereocenters. The molecule has 0 aliphatic heterocycles. The van der Waals surface area contributed by atoms with Gasteiger partial charge in [-0.25, -0.2) is 9.18 Å². The van der Waals surface area contributed by atoms with E-state index in [-0.39, 0.29) is 28.4 Å². The molecule has 0 saturated carbocycles. The lowest BCUT2D eigenvalue weighted by Gasteiger charge is -2.12. The number of esters is 1. The summed E-state index contributed by atoms with van der Waals surface area (Å²) >= 11 is 5.94. The number of anilines is 1. The quantitative estimate of drug-likeness (QED) is 0.517. The highest BCUT2D eigenvalue weighted by atomic mass is 35.5. The van der Waals surface area contributed by atoms with Gasteiger partial charge in [-0.15, -0.1) is 0 Å². The second kappa shape index (κ2) is 10.4. The van der Waals surface area contributed by atoms with Gasteiger partial charge in [0.1, 0.15) is 5.82 Å². The fourth-order valence-corrected chi connectivity index (χ4v) is 2.32. The van der Waals surface area contributed by atoms with Crippen molar-refractivity contribution in [2.24, 2.45) is 0 Å². The van der Waals surface area contributed by atoms with E-state index in [1.807, 2.05) is 0 Å². The van der Waals surface area contributed by atoms with Crippen LogP contribution >= 0.6 is 11.6 Å². The third-order valence-corrected chi connectivity index (χ3v) is 3.75. The summed E-state index contributed by atoms with van der Waals surface area (Å²) < 4.78 is 22.8. The number of methoxy groups -OCH3 is 1. The van der Waals surface area contributed by atoms with Crippen LogP contribution in [-0.4, -0.2) is 44.7 Å². The second-order valence-electron chi connectivity index (χ2n) is 5.57. The van der Waals surface area contributed by atoms with E-state index in [2.05, 4.69) is 10.6 Å². The maximum atomic E-state index is 13.0. The maximum absolute atomic E-state index is 13.0. The summed E-state index contributed by atoms with van der Waals surface area (Å²) in [6.45, 7) is 0.125. The molecule has 0 fully saturated rings. The van der Waals surface area contributed by atoms with Gasteiger partial charge in [0.05, 0.1) is 17.9 Å². The molecule has 2 aromatic rings. The molecule has 2 aromatic carbocycles. The molecule has 0 saturated heterocycles. The van der Waals surface area contributed by atoms with Crippen LogP contribution in [0.4, 0.5) is 10.1 Å². The first-order valence-corrected chi connectivity index (χ1v) is 8.57. The highest BCUT2D eigenvalue weighted by Gasteiger charge is 2.17. The third-order valence-electron chi connectivity index (χ3n) is 3.52. The smallest absolute Gasteiger partial charge is 0.340 e. The van der Waals surface area contributed by atoms with E-state index in [0.29, 0.717) is 6.61 Å². The number of hydrogen-bond donors (Lipinski definition) is 2. The summed E-state index contributed by atoms with van der Waals surface area (Å²) in [5, 5.41) is 5.32. The molecule has 28 heavy (non-hydrogen) atoms. The first-order chi connectivity index (χ1) is 13.4. The monoisotopic (exact) mass is 408 g/mol. The van der Waals surface area contributed by atoms with Gasteiger partial charge in [0, 0.05) is 24.2 Å². The standard InChI is InChI=1S/C19H18ClFN2O5/c1-27-9-8-22-17(24)11-28-19(26)15-7-4-13(20)10-16(15)23-18(25)12-2-5-14(21)6-3-12/h2-7,10H,8-9,11H2,1H3,(H,22,24)(H,23,25). The van der Waals surface area contributed by atoms with Gasteiger partial charge in [-0.05, 0) is 42.5 Å². The number of amides is 2. The first-order valence-electron chi connectivity index (χ1n) is 8.20. The van der Waals surface area contributed by atoms with Gasteiger partial charge in [-0.1, -0.05) is 11.6 Å². The molecule has 0 bridgehead atoms. The number of benzene rings is 2. The number of carbonyl (C=O) groups is 3. The van der Waals surface area contributed by atoms with E-state index >= 15 is 0 Å². The minimum atomic E-state index is -0.812. The fraction of sp³-hybridized carbons (Fsp3) is 0.211. The predicted molar refractivity (Wildman–Crippen MR) is 101 cm³/mol. The summed E-state index contributed by atoms with van der Waals surface area (Å²) in [5.74, 6) is -2.34. The van der Waals surface area contributed by atoms with Gasteiger partial charge in [-0.2, -0.15) is 0 Å². The van der Waals surface area contributed by atoms with Crippen LogP contribution in [0.5, 0.6) is 0 Å². The summed E-state index contributed by atoms with van der Waals surface area (Å²) in [5.41, 5.74) is 0.314. The van der Waals surface area contributed by atoms with Gasteiger partial charge in [0.25, 0.3) is 11.8 Å². The zero-order valence-electron chi connectivity index (χ0n) is 15.0. The van der Waals surface area contributed by atoms with Crippen LogP contribution in [0.15, 0.2) is 42.5 Å². The Morgan fingerprint density at radius 3 is 2.50 bits per heavy atom. The average Bonchev–Trinajstić information content (AvgIpc) is 2.67. The summed E-state index contributed by atoms with van der Waals surface area (Å²) in [4.78, 5) is 36.2. The van der Waals surface area contributed by atoms with Crippen molar-refractivity contribution in [2.75, 3.05) is 32.2 Å². The Kier molecular flexibility index (Phi) is 7.91. The van der Waals surface area contributed by atoms with Crippen LogP contribution in [0, 0.1) is 5.82 Å². The predicted octanol–water partition coefficient (Wildman–Crippen LogP) is 2.65. The molecular formula is C19H18ClFN2O5. The summed E-state index contributed by atoms with van der Waals surface area (Å²) in [6, 6.07) is 9.08. The highest BCUT2D eigenvalue weighted by molar-refractivity contribution is 6.31. The minimum absolute atomic E-state index is 0.0181. The van der Waals surface area contributed by atoms with Crippen LogP contribution in [0.25, 0.3) is 0 Å². The molecule has 0 unspecified atom stereocenters. The normalized spacial score (nSPS) is 10.2. The minimum Gasteiger partial charge on any atom is -0.452 e. The number of carbonyl (C=O) groups excluding carboxylic acids is 3. The van der Waals surface area contributed by atoms with Gasteiger partial charge in [0.15, 0.2) is 6.61 Å². The molecule has 2 N–H and O–H groups in total. The zero-order chi connectivity index (χ0) is 20.5. The van der Waals surface area contributed by atoms with E-state index in [9.17, 15) is 18.8 Å². The summed E-state index contributed by atoms with van der Waals surface area (Å²) in [6.07, 6.45) is 0. The molecule has 2 amide bonds. The maximum Gasteiger partial charge on any atom is 0.340 e. The largest absolute Gasteiger partial charge is 0.452 e. The van der Waals surface area contributed by atoms with Crippen LogP contribution < -0.4 is 10.6 Å². The lowest BCUT2D eigenvalue weighted by atomic mass is 10.1. The number of ether oxygens (including phenoxy) is 2. The first kappa shape index (κ1) is 21.3. The van der Waals surface area contributed by atoms with Crippen molar-refractivity contribution in [1.82, 2.24) is 5.32 Å². The Bertz CT molecular complexity index is 858. The van der Waals surface area contributed by atoms with Crippen molar-refractivity contribution in [2.45, 2.75) is 0 Å². The lowest BCUT2D eigenvalue weighted by Crippen LogP contribution is -2.31. The molecule has 0 heterocycles. The van der Waals surface area contributed by atoms with Gasteiger partial charge < -0.3 is 20.1 Å². The Morgan fingerprint density at radius 2 is 1.82 bits per heavy atom. The van der Waals surface area contributed by atoms with Crippen LogP contribution in [-0.2, 0) is 14.3 Å². The van der Waals surface area contributed by atoms with E-state index in [4.69, 9.17) is 21.1 Å². The molecule has 148 valence electrons. The molecule has 2 rings (SSSR count). The number of halogens is 2.